The van der Waals surface area contributed by atoms with Crippen molar-refractivity contribution in [2.45, 2.75) is 13.5 Å². The molecule has 0 spiro atoms. The molecule has 0 unspecified atom stereocenters. The standard InChI is InChI=1S/C19H16N4O6/c1-12-3-2-4-16(5-12)29-17-7-14(6-15(8-17)23(27)28)21-19(26)13-9-20-22(10-13)11-18(24)25/h2-10H,11H2,1H3,(H,21,26)(H,24,25). The van der Waals surface area contributed by atoms with Crippen LogP contribution in [-0.2, 0) is 11.3 Å². The van der Waals surface area contributed by atoms with Crippen LogP contribution >= 0.6 is 0 Å². The van der Waals surface area contributed by atoms with Crippen LogP contribution < -0.4 is 10.1 Å². The second-order valence-electron chi connectivity index (χ2n) is 6.17. The fourth-order valence-corrected chi connectivity index (χ4v) is 2.54. The Morgan fingerprint density at radius 2 is 2.03 bits per heavy atom. The Labute approximate surface area is 164 Å². The van der Waals surface area contributed by atoms with Gasteiger partial charge in [0.25, 0.3) is 11.6 Å². The highest BCUT2D eigenvalue weighted by molar-refractivity contribution is 6.04. The molecule has 3 aromatic rings. The highest BCUT2D eigenvalue weighted by atomic mass is 16.6. The number of carbonyl (C=O) groups excluding carboxylic acids is 1. The van der Waals surface area contributed by atoms with Crippen LogP contribution in [0.4, 0.5) is 11.4 Å². The number of aromatic nitrogens is 2. The lowest BCUT2D eigenvalue weighted by Gasteiger charge is -2.09. The van der Waals surface area contributed by atoms with E-state index in [1.54, 1.807) is 18.2 Å². The summed E-state index contributed by atoms with van der Waals surface area (Å²) in [5.41, 5.74) is 0.962. The first-order valence-electron chi connectivity index (χ1n) is 8.40. The van der Waals surface area contributed by atoms with Gasteiger partial charge in [0, 0.05) is 18.3 Å². The Bertz CT molecular complexity index is 1090. The number of nitro benzene ring substituents is 1. The van der Waals surface area contributed by atoms with Gasteiger partial charge in [0.1, 0.15) is 18.0 Å². The minimum absolute atomic E-state index is 0.110. The third-order valence-corrected chi connectivity index (χ3v) is 3.78. The molecule has 0 fully saturated rings. The average Bonchev–Trinajstić information content (AvgIpc) is 3.09. The predicted octanol–water partition coefficient (Wildman–Crippen LogP) is 3.23. The summed E-state index contributed by atoms with van der Waals surface area (Å²) in [7, 11) is 0. The van der Waals surface area contributed by atoms with Gasteiger partial charge in [0.2, 0.25) is 0 Å². The van der Waals surface area contributed by atoms with E-state index in [4.69, 9.17) is 9.84 Å². The van der Waals surface area contributed by atoms with Crippen LogP contribution in [0.25, 0.3) is 0 Å². The Balaban J connectivity index is 1.83. The SMILES string of the molecule is Cc1cccc(Oc2cc(NC(=O)c3cnn(CC(=O)O)c3)cc([N+](=O)[O-])c2)c1. The molecule has 0 bridgehead atoms. The van der Waals surface area contributed by atoms with Crippen LogP contribution in [0, 0.1) is 17.0 Å². The van der Waals surface area contributed by atoms with E-state index in [0.717, 1.165) is 10.2 Å². The monoisotopic (exact) mass is 396 g/mol. The van der Waals surface area contributed by atoms with E-state index in [-0.39, 0.29) is 22.7 Å². The number of carboxylic acid groups (broad SMARTS) is 1. The summed E-state index contributed by atoms with van der Waals surface area (Å²) in [5, 5.41) is 26.3. The molecular weight excluding hydrogens is 380 g/mol. The van der Waals surface area contributed by atoms with Gasteiger partial charge in [0.15, 0.2) is 0 Å². The molecule has 1 aromatic heterocycles. The minimum Gasteiger partial charge on any atom is -0.480 e. The van der Waals surface area contributed by atoms with Crippen molar-refractivity contribution in [3.63, 3.8) is 0 Å². The van der Waals surface area contributed by atoms with Crippen molar-refractivity contribution in [3.05, 3.63) is 76.1 Å². The Hall–Kier alpha value is -4.21. The molecule has 148 valence electrons. The number of hydrogen-bond donors (Lipinski definition) is 2. The summed E-state index contributed by atoms with van der Waals surface area (Å²) in [5.74, 6) is -1.01. The summed E-state index contributed by atoms with van der Waals surface area (Å²) < 4.78 is 6.78. The number of nitrogens with zero attached hydrogens (tertiary/aromatic N) is 3. The zero-order chi connectivity index (χ0) is 21.0. The zero-order valence-electron chi connectivity index (χ0n) is 15.2. The van der Waals surface area contributed by atoms with Crippen molar-refractivity contribution in [2.75, 3.05) is 5.32 Å². The largest absolute Gasteiger partial charge is 0.480 e. The van der Waals surface area contributed by atoms with Gasteiger partial charge >= 0.3 is 5.97 Å². The number of nitrogens with one attached hydrogen (secondary N) is 1. The third kappa shape index (κ3) is 5.16. The number of anilines is 1. The Kier molecular flexibility index (Phi) is 5.54. The molecule has 0 saturated carbocycles. The summed E-state index contributed by atoms with van der Waals surface area (Å²) in [6, 6.07) is 11.1. The van der Waals surface area contributed by atoms with E-state index in [1.165, 1.54) is 30.6 Å². The summed E-state index contributed by atoms with van der Waals surface area (Å²) in [6.45, 7) is 1.50. The van der Waals surface area contributed by atoms with E-state index >= 15 is 0 Å². The van der Waals surface area contributed by atoms with Gasteiger partial charge in [-0.25, -0.2) is 0 Å². The molecule has 0 aliphatic carbocycles. The van der Waals surface area contributed by atoms with Crippen molar-refractivity contribution in [1.29, 1.82) is 0 Å². The fourth-order valence-electron chi connectivity index (χ4n) is 2.54. The molecule has 0 atom stereocenters. The van der Waals surface area contributed by atoms with Gasteiger partial charge in [-0.15, -0.1) is 0 Å². The summed E-state index contributed by atoms with van der Waals surface area (Å²) in [4.78, 5) is 33.7. The number of carboxylic acids is 1. The summed E-state index contributed by atoms with van der Waals surface area (Å²) in [6.07, 6.45) is 2.48. The van der Waals surface area contributed by atoms with Crippen molar-refractivity contribution in [3.8, 4) is 11.5 Å². The van der Waals surface area contributed by atoms with E-state index in [2.05, 4.69) is 10.4 Å². The number of ether oxygens (including phenoxy) is 1. The molecule has 10 nitrogen and oxygen atoms in total. The summed E-state index contributed by atoms with van der Waals surface area (Å²) >= 11 is 0. The number of aliphatic carboxylic acids is 1. The molecule has 0 saturated heterocycles. The second kappa shape index (κ2) is 8.21. The molecule has 0 radical (unpaired) electrons. The van der Waals surface area contributed by atoms with Gasteiger partial charge in [-0.1, -0.05) is 12.1 Å². The van der Waals surface area contributed by atoms with Crippen LogP contribution in [-0.4, -0.2) is 31.7 Å². The first-order valence-corrected chi connectivity index (χ1v) is 8.40. The fraction of sp³-hybridized carbons (Fsp3) is 0.105. The lowest BCUT2D eigenvalue weighted by molar-refractivity contribution is -0.384. The quantitative estimate of drug-likeness (QED) is 0.462. The number of non-ortho nitro benzene ring substituents is 1. The minimum atomic E-state index is -1.10. The molecule has 10 heteroatoms. The maximum Gasteiger partial charge on any atom is 0.325 e. The molecule has 2 aromatic carbocycles. The molecule has 1 amide bonds. The predicted molar refractivity (Wildman–Crippen MR) is 102 cm³/mol. The maximum atomic E-state index is 12.4. The van der Waals surface area contributed by atoms with Crippen LogP contribution in [0.5, 0.6) is 11.5 Å². The van der Waals surface area contributed by atoms with E-state index in [0.29, 0.717) is 5.75 Å². The molecular formula is C19H16N4O6. The third-order valence-electron chi connectivity index (χ3n) is 3.78. The molecule has 3 rings (SSSR count). The molecule has 29 heavy (non-hydrogen) atoms. The van der Waals surface area contributed by atoms with Crippen LogP contribution in [0.3, 0.4) is 0 Å². The van der Waals surface area contributed by atoms with Gasteiger partial charge in [-0.2, -0.15) is 5.10 Å². The first-order chi connectivity index (χ1) is 13.8. The van der Waals surface area contributed by atoms with E-state index in [1.807, 2.05) is 13.0 Å². The van der Waals surface area contributed by atoms with E-state index in [9.17, 15) is 19.7 Å². The first kappa shape index (κ1) is 19.5. The number of rotatable bonds is 7. The van der Waals surface area contributed by atoms with Crippen molar-refractivity contribution < 1.29 is 24.4 Å². The number of benzene rings is 2. The molecule has 2 N–H and O–H groups in total. The van der Waals surface area contributed by atoms with Gasteiger partial charge in [-0.3, -0.25) is 24.4 Å². The highest BCUT2D eigenvalue weighted by Gasteiger charge is 2.15. The molecule has 1 heterocycles. The maximum absolute atomic E-state index is 12.4. The average molecular weight is 396 g/mol. The van der Waals surface area contributed by atoms with E-state index < -0.39 is 23.3 Å². The van der Waals surface area contributed by atoms with Gasteiger partial charge in [0.05, 0.1) is 28.4 Å². The highest BCUT2D eigenvalue weighted by Crippen LogP contribution is 2.30. The second-order valence-corrected chi connectivity index (χ2v) is 6.17. The topological polar surface area (TPSA) is 137 Å². The molecule has 0 aliphatic heterocycles. The molecule has 0 aliphatic rings. The van der Waals surface area contributed by atoms with Crippen LogP contribution in [0.2, 0.25) is 0 Å². The number of nitro groups is 1. The Morgan fingerprint density at radius 1 is 1.24 bits per heavy atom. The van der Waals surface area contributed by atoms with Gasteiger partial charge in [-0.05, 0) is 24.6 Å². The van der Waals surface area contributed by atoms with Crippen LogP contribution in [0.15, 0.2) is 54.9 Å². The number of aryl methyl sites for hydroxylation is 1. The van der Waals surface area contributed by atoms with Crippen molar-refractivity contribution in [2.24, 2.45) is 0 Å². The Morgan fingerprint density at radius 3 is 2.72 bits per heavy atom. The van der Waals surface area contributed by atoms with Gasteiger partial charge < -0.3 is 15.2 Å². The smallest absolute Gasteiger partial charge is 0.325 e. The number of hydrogen-bond acceptors (Lipinski definition) is 6. The van der Waals surface area contributed by atoms with Crippen molar-refractivity contribution >= 4 is 23.3 Å². The lowest BCUT2D eigenvalue weighted by Crippen LogP contribution is -2.12. The van der Waals surface area contributed by atoms with Crippen molar-refractivity contribution in [1.82, 2.24) is 9.78 Å². The van der Waals surface area contributed by atoms with Crippen LogP contribution in [0.1, 0.15) is 15.9 Å². The lowest BCUT2D eigenvalue weighted by atomic mass is 10.2. The number of carbonyl (C=O) groups is 2. The zero-order valence-corrected chi connectivity index (χ0v) is 15.2. The normalized spacial score (nSPS) is 10.4. The number of amides is 1.